The van der Waals surface area contributed by atoms with Crippen molar-refractivity contribution in [3.8, 4) is 11.5 Å². The van der Waals surface area contributed by atoms with Crippen LogP contribution in [0.4, 0.5) is 15.8 Å². The van der Waals surface area contributed by atoms with Crippen LogP contribution in [-0.2, 0) is 22.6 Å². The number of carbonyl (C=O) groups is 2. The molecule has 2 amide bonds. The number of amides is 2. The molecule has 0 aliphatic rings. The van der Waals surface area contributed by atoms with E-state index in [0.29, 0.717) is 39.5 Å². The van der Waals surface area contributed by atoms with Crippen LogP contribution < -0.4 is 19.7 Å². The van der Waals surface area contributed by atoms with Crippen molar-refractivity contribution in [2.24, 2.45) is 0 Å². The van der Waals surface area contributed by atoms with E-state index in [9.17, 15) is 14.0 Å². The van der Waals surface area contributed by atoms with Crippen LogP contribution in [0.1, 0.15) is 24.1 Å². The van der Waals surface area contributed by atoms with Crippen LogP contribution >= 0.6 is 0 Å². The van der Waals surface area contributed by atoms with Crippen molar-refractivity contribution in [1.29, 1.82) is 0 Å². The lowest BCUT2D eigenvalue weighted by Gasteiger charge is -2.32. The first-order valence-electron chi connectivity index (χ1n) is 13.4. The zero-order chi connectivity index (χ0) is 29.6. The van der Waals surface area contributed by atoms with E-state index in [-0.39, 0.29) is 6.54 Å². The van der Waals surface area contributed by atoms with Crippen LogP contribution in [0.3, 0.4) is 0 Å². The summed E-state index contributed by atoms with van der Waals surface area (Å²) >= 11 is 0. The molecule has 0 saturated heterocycles. The van der Waals surface area contributed by atoms with Gasteiger partial charge in [0.2, 0.25) is 5.91 Å². The lowest BCUT2D eigenvalue weighted by Crippen LogP contribution is -2.43. The van der Waals surface area contributed by atoms with E-state index >= 15 is 0 Å². The molecule has 0 unspecified atom stereocenters. The second kappa shape index (κ2) is 12.5. The molecule has 0 radical (unpaired) electrons. The Morgan fingerprint density at radius 2 is 1.64 bits per heavy atom. The van der Waals surface area contributed by atoms with Gasteiger partial charge in [-0.15, -0.1) is 5.10 Å². The molecule has 9 nitrogen and oxygen atoms in total. The summed E-state index contributed by atoms with van der Waals surface area (Å²) in [5, 5.41) is 11.2. The lowest BCUT2D eigenvalue weighted by atomic mass is 10.0. The topological polar surface area (TPSA) is 98.6 Å². The van der Waals surface area contributed by atoms with Gasteiger partial charge < -0.3 is 14.8 Å². The predicted molar refractivity (Wildman–Crippen MR) is 158 cm³/mol. The number of aromatic nitrogens is 3. The standard InChI is InChI=1S/C32H30FN5O4/c1-4-21-9-16-25(17-10-21)38(30(39)20-37-27-8-6-5-7-26(27)35-36-37)31(22-11-18-28(41-2)29(19-22)42-3)32(40)34-24-14-12-23(33)13-15-24/h5-19,31H,4,20H2,1-3H3,(H,34,40)/t31-/m0/s1. The molecule has 0 spiro atoms. The molecule has 1 atom stereocenters. The van der Waals surface area contributed by atoms with Crippen molar-refractivity contribution in [3.05, 3.63) is 108 Å². The Balaban J connectivity index is 1.63. The minimum atomic E-state index is -1.15. The third-order valence-electron chi connectivity index (χ3n) is 6.94. The van der Waals surface area contributed by atoms with Crippen LogP contribution in [0.2, 0.25) is 0 Å². The number of rotatable bonds is 10. The SMILES string of the molecule is CCc1ccc(N(C(=O)Cn2nnc3ccccc32)[C@H](C(=O)Nc2ccc(F)cc2)c2ccc(OC)c(OC)c2)cc1. The average Bonchev–Trinajstić information content (AvgIpc) is 3.43. The maximum atomic E-state index is 14.3. The van der Waals surface area contributed by atoms with Gasteiger partial charge in [-0.1, -0.05) is 42.5 Å². The van der Waals surface area contributed by atoms with E-state index in [1.54, 1.807) is 18.2 Å². The van der Waals surface area contributed by atoms with Gasteiger partial charge in [0, 0.05) is 11.4 Å². The fourth-order valence-electron chi connectivity index (χ4n) is 4.75. The fourth-order valence-corrected chi connectivity index (χ4v) is 4.75. The Labute approximate surface area is 242 Å². The zero-order valence-corrected chi connectivity index (χ0v) is 23.5. The van der Waals surface area contributed by atoms with Crippen molar-refractivity contribution in [2.45, 2.75) is 25.9 Å². The van der Waals surface area contributed by atoms with Gasteiger partial charge in [-0.05, 0) is 78.2 Å². The number of nitrogens with one attached hydrogen (secondary N) is 1. The second-order valence-corrected chi connectivity index (χ2v) is 9.53. The molecule has 0 aliphatic carbocycles. The molecule has 10 heteroatoms. The Morgan fingerprint density at radius 3 is 2.33 bits per heavy atom. The third-order valence-corrected chi connectivity index (χ3v) is 6.94. The molecule has 4 aromatic carbocycles. The summed E-state index contributed by atoms with van der Waals surface area (Å²) in [7, 11) is 3.02. The maximum Gasteiger partial charge on any atom is 0.252 e. The summed E-state index contributed by atoms with van der Waals surface area (Å²) in [4.78, 5) is 29.8. The lowest BCUT2D eigenvalue weighted by molar-refractivity contribution is -0.124. The number of carbonyl (C=O) groups excluding carboxylic acids is 2. The Bertz CT molecular complexity index is 1700. The molecule has 1 N–H and O–H groups in total. The summed E-state index contributed by atoms with van der Waals surface area (Å²) < 4.78 is 26.0. The maximum absolute atomic E-state index is 14.3. The number of anilines is 2. The number of hydrogen-bond donors (Lipinski definition) is 1. The first-order valence-corrected chi connectivity index (χ1v) is 13.4. The summed E-state index contributed by atoms with van der Waals surface area (Å²) in [6.45, 7) is 1.86. The summed E-state index contributed by atoms with van der Waals surface area (Å²) in [6.07, 6.45) is 0.809. The molecule has 5 rings (SSSR count). The largest absolute Gasteiger partial charge is 0.493 e. The smallest absolute Gasteiger partial charge is 0.252 e. The van der Waals surface area contributed by atoms with E-state index in [0.717, 1.165) is 12.0 Å². The summed E-state index contributed by atoms with van der Waals surface area (Å²) in [5.74, 6) is -0.477. The molecular weight excluding hydrogens is 537 g/mol. The van der Waals surface area contributed by atoms with Gasteiger partial charge in [0.05, 0.1) is 19.7 Å². The Kier molecular flexibility index (Phi) is 8.42. The van der Waals surface area contributed by atoms with Gasteiger partial charge in [-0.25, -0.2) is 9.07 Å². The molecule has 0 fully saturated rings. The molecule has 0 saturated carbocycles. The monoisotopic (exact) mass is 567 g/mol. The third kappa shape index (κ3) is 5.92. The van der Waals surface area contributed by atoms with Gasteiger partial charge in [0.15, 0.2) is 11.5 Å². The molecule has 1 aromatic heterocycles. The molecule has 0 aliphatic heterocycles. The van der Waals surface area contributed by atoms with Crippen molar-refractivity contribution in [3.63, 3.8) is 0 Å². The fraction of sp³-hybridized carbons (Fsp3) is 0.188. The van der Waals surface area contributed by atoms with Crippen LogP contribution in [0.25, 0.3) is 11.0 Å². The Morgan fingerprint density at radius 1 is 0.929 bits per heavy atom. The molecule has 214 valence electrons. The number of benzene rings is 4. The van der Waals surface area contributed by atoms with Crippen molar-refractivity contribution in [2.75, 3.05) is 24.4 Å². The van der Waals surface area contributed by atoms with Crippen LogP contribution in [0, 0.1) is 5.82 Å². The van der Waals surface area contributed by atoms with Gasteiger partial charge in [-0.2, -0.15) is 0 Å². The van der Waals surface area contributed by atoms with Gasteiger partial charge >= 0.3 is 0 Å². The van der Waals surface area contributed by atoms with Crippen molar-refractivity contribution >= 4 is 34.2 Å². The number of aryl methyl sites for hydroxylation is 1. The van der Waals surface area contributed by atoms with Crippen LogP contribution in [0.5, 0.6) is 11.5 Å². The van der Waals surface area contributed by atoms with E-state index in [4.69, 9.17) is 9.47 Å². The van der Waals surface area contributed by atoms with Crippen LogP contribution in [0.15, 0.2) is 91.0 Å². The van der Waals surface area contributed by atoms with Crippen LogP contribution in [-0.4, -0.2) is 41.0 Å². The first kappa shape index (κ1) is 28.3. The number of methoxy groups -OCH3 is 2. The number of halogens is 1. The number of hydrogen-bond acceptors (Lipinski definition) is 6. The highest BCUT2D eigenvalue weighted by Gasteiger charge is 2.34. The number of nitrogens with zero attached hydrogens (tertiary/aromatic N) is 4. The quantitative estimate of drug-likeness (QED) is 0.237. The van der Waals surface area contributed by atoms with Gasteiger partial charge in [0.25, 0.3) is 5.91 Å². The average molecular weight is 568 g/mol. The van der Waals surface area contributed by atoms with Crippen molar-refractivity contribution in [1.82, 2.24) is 15.0 Å². The number of para-hydroxylation sites is 1. The van der Waals surface area contributed by atoms with E-state index in [2.05, 4.69) is 15.6 Å². The molecule has 1 heterocycles. The highest BCUT2D eigenvalue weighted by atomic mass is 19.1. The molecular formula is C32H30FN5O4. The predicted octanol–water partition coefficient (Wildman–Crippen LogP) is 5.56. The van der Waals surface area contributed by atoms with Crippen molar-refractivity contribution < 1.29 is 23.5 Å². The minimum absolute atomic E-state index is 0.177. The minimum Gasteiger partial charge on any atom is -0.493 e. The van der Waals surface area contributed by atoms with E-state index in [1.165, 1.54) is 48.1 Å². The normalized spacial score (nSPS) is 11.6. The Hall–Kier alpha value is -5.25. The number of fused-ring (bicyclic) bond motifs is 1. The molecule has 0 bridgehead atoms. The second-order valence-electron chi connectivity index (χ2n) is 9.53. The highest BCUT2D eigenvalue weighted by Crippen LogP contribution is 2.35. The van der Waals surface area contributed by atoms with E-state index < -0.39 is 23.7 Å². The molecule has 42 heavy (non-hydrogen) atoms. The first-order chi connectivity index (χ1) is 20.4. The highest BCUT2D eigenvalue weighted by molar-refractivity contribution is 6.05. The van der Waals surface area contributed by atoms with Gasteiger partial charge in [0.1, 0.15) is 23.9 Å². The summed E-state index contributed by atoms with van der Waals surface area (Å²) in [6, 6.07) is 24.1. The molecule has 5 aromatic rings. The van der Waals surface area contributed by atoms with E-state index in [1.807, 2.05) is 55.5 Å². The summed E-state index contributed by atoms with van der Waals surface area (Å²) in [5.41, 5.74) is 3.77. The van der Waals surface area contributed by atoms with Gasteiger partial charge in [-0.3, -0.25) is 14.5 Å². The zero-order valence-electron chi connectivity index (χ0n) is 23.5. The number of ether oxygens (including phenoxy) is 2.